The SMILES string of the molecule is Nc1cc(Br)ccc1COc1ccc(Cl)c(F)c1. The summed E-state index contributed by atoms with van der Waals surface area (Å²) in [6.45, 7) is 0.278. The van der Waals surface area contributed by atoms with Crippen LogP contribution in [0.15, 0.2) is 40.9 Å². The van der Waals surface area contributed by atoms with Gasteiger partial charge in [0, 0.05) is 21.8 Å². The molecule has 0 amide bonds. The van der Waals surface area contributed by atoms with E-state index in [9.17, 15) is 4.39 Å². The van der Waals surface area contributed by atoms with E-state index in [1.54, 1.807) is 12.1 Å². The minimum absolute atomic E-state index is 0.0745. The molecule has 0 unspecified atom stereocenters. The molecule has 18 heavy (non-hydrogen) atoms. The number of rotatable bonds is 3. The van der Waals surface area contributed by atoms with Crippen LogP contribution in [0.3, 0.4) is 0 Å². The lowest BCUT2D eigenvalue weighted by molar-refractivity contribution is 0.305. The van der Waals surface area contributed by atoms with Crippen molar-refractivity contribution in [3.05, 3.63) is 57.3 Å². The number of nitrogens with two attached hydrogens (primary N) is 1. The van der Waals surface area contributed by atoms with Crippen LogP contribution in [0.4, 0.5) is 10.1 Å². The molecule has 0 aliphatic heterocycles. The van der Waals surface area contributed by atoms with Crippen LogP contribution in [-0.2, 0) is 6.61 Å². The molecule has 0 spiro atoms. The lowest BCUT2D eigenvalue weighted by atomic mass is 10.2. The van der Waals surface area contributed by atoms with Crippen LogP contribution in [0.5, 0.6) is 5.75 Å². The molecule has 2 N–H and O–H groups in total. The van der Waals surface area contributed by atoms with Gasteiger partial charge in [0.1, 0.15) is 18.2 Å². The largest absolute Gasteiger partial charge is 0.489 e. The summed E-state index contributed by atoms with van der Waals surface area (Å²) in [4.78, 5) is 0. The average Bonchev–Trinajstić information content (AvgIpc) is 2.32. The lowest BCUT2D eigenvalue weighted by Gasteiger charge is -2.09. The summed E-state index contributed by atoms with van der Waals surface area (Å²) in [5.74, 6) is -0.0860. The molecule has 2 nitrogen and oxygen atoms in total. The number of anilines is 1. The number of halogens is 3. The van der Waals surface area contributed by atoms with Gasteiger partial charge in [0.05, 0.1) is 5.02 Å². The predicted octanol–water partition coefficient (Wildman–Crippen LogP) is 4.40. The molecule has 0 radical (unpaired) electrons. The Hall–Kier alpha value is -1.26. The van der Waals surface area contributed by atoms with Gasteiger partial charge in [-0.15, -0.1) is 0 Å². The zero-order chi connectivity index (χ0) is 13.1. The van der Waals surface area contributed by atoms with Crippen molar-refractivity contribution in [3.63, 3.8) is 0 Å². The van der Waals surface area contributed by atoms with Crippen LogP contribution in [0.1, 0.15) is 5.56 Å². The van der Waals surface area contributed by atoms with Crippen molar-refractivity contribution in [2.75, 3.05) is 5.73 Å². The van der Waals surface area contributed by atoms with Crippen molar-refractivity contribution in [2.45, 2.75) is 6.61 Å². The zero-order valence-electron chi connectivity index (χ0n) is 9.29. The van der Waals surface area contributed by atoms with E-state index >= 15 is 0 Å². The van der Waals surface area contributed by atoms with E-state index in [0.717, 1.165) is 10.0 Å². The van der Waals surface area contributed by atoms with Gasteiger partial charge in [-0.3, -0.25) is 0 Å². The number of hydrogen-bond donors (Lipinski definition) is 1. The topological polar surface area (TPSA) is 35.2 Å². The molecule has 2 aromatic rings. The fourth-order valence-electron chi connectivity index (χ4n) is 1.42. The van der Waals surface area contributed by atoms with Crippen molar-refractivity contribution >= 4 is 33.2 Å². The molecule has 5 heteroatoms. The highest BCUT2D eigenvalue weighted by Crippen LogP contribution is 2.23. The monoisotopic (exact) mass is 329 g/mol. The normalized spacial score (nSPS) is 10.4. The van der Waals surface area contributed by atoms with Gasteiger partial charge in [-0.1, -0.05) is 33.6 Å². The molecule has 0 saturated carbocycles. The fraction of sp³-hybridized carbons (Fsp3) is 0.0769. The van der Waals surface area contributed by atoms with Crippen molar-refractivity contribution in [3.8, 4) is 5.75 Å². The van der Waals surface area contributed by atoms with Gasteiger partial charge < -0.3 is 10.5 Å². The Kier molecular flexibility index (Phi) is 4.09. The average molecular weight is 331 g/mol. The Labute approximate surface area is 118 Å². The first-order chi connectivity index (χ1) is 8.56. The third kappa shape index (κ3) is 3.15. The third-order valence-electron chi connectivity index (χ3n) is 2.39. The molecule has 2 rings (SSSR count). The molecule has 0 atom stereocenters. The van der Waals surface area contributed by atoms with Crippen molar-refractivity contribution < 1.29 is 9.13 Å². The predicted molar refractivity (Wildman–Crippen MR) is 74.3 cm³/mol. The summed E-state index contributed by atoms with van der Waals surface area (Å²) in [7, 11) is 0. The van der Waals surface area contributed by atoms with Gasteiger partial charge in [-0.25, -0.2) is 4.39 Å². The van der Waals surface area contributed by atoms with Crippen LogP contribution >= 0.6 is 27.5 Å². The van der Waals surface area contributed by atoms with Crippen LogP contribution in [0.25, 0.3) is 0 Å². The molecule has 0 bridgehead atoms. The van der Waals surface area contributed by atoms with Crippen molar-refractivity contribution in [1.29, 1.82) is 0 Å². The maximum atomic E-state index is 13.2. The second-order valence-electron chi connectivity index (χ2n) is 3.71. The summed E-state index contributed by atoms with van der Waals surface area (Å²) >= 11 is 8.91. The molecule has 2 aromatic carbocycles. The van der Waals surface area contributed by atoms with Gasteiger partial charge in [0.2, 0.25) is 0 Å². The highest BCUT2D eigenvalue weighted by atomic mass is 79.9. The minimum atomic E-state index is -0.502. The van der Waals surface area contributed by atoms with E-state index < -0.39 is 5.82 Å². The van der Waals surface area contributed by atoms with E-state index in [-0.39, 0.29) is 11.6 Å². The maximum absolute atomic E-state index is 13.2. The Morgan fingerprint density at radius 3 is 2.67 bits per heavy atom. The summed E-state index contributed by atoms with van der Waals surface area (Å²) in [5.41, 5.74) is 7.30. The summed E-state index contributed by atoms with van der Waals surface area (Å²) < 4.78 is 19.6. The van der Waals surface area contributed by atoms with E-state index in [4.69, 9.17) is 22.1 Å². The highest BCUT2D eigenvalue weighted by Gasteiger charge is 2.04. The Morgan fingerprint density at radius 2 is 2.00 bits per heavy atom. The van der Waals surface area contributed by atoms with Gasteiger partial charge in [0.15, 0.2) is 0 Å². The first-order valence-corrected chi connectivity index (χ1v) is 6.35. The molecule has 0 saturated heterocycles. The zero-order valence-corrected chi connectivity index (χ0v) is 11.6. The number of benzene rings is 2. The molecule has 94 valence electrons. The van der Waals surface area contributed by atoms with E-state index in [1.807, 2.05) is 12.1 Å². The Balaban J connectivity index is 2.09. The number of ether oxygens (including phenoxy) is 1. The lowest BCUT2D eigenvalue weighted by Crippen LogP contribution is -2.00. The van der Waals surface area contributed by atoms with Crippen LogP contribution < -0.4 is 10.5 Å². The highest BCUT2D eigenvalue weighted by molar-refractivity contribution is 9.10. The molecule has 0 aliphatic carbocycles. The Bertz CT molecular complexity index is 577. The second-order valence-corrected chi connectivity index (χ2v) is 5.03. The quantitative estimate of drug-likeness (QED) is 0.846. The molecule has 0 aromatic heterocycles. The minimum Gasteiger partial charge on any atom is -0.489 e. The summed E-state index contributed by atoms with van der Waals surface area (Å²) in [5, 5.41) is 0.0745. The summed E-state index contributed by atoms with van der Waals surface area (Å²) in [6, 6.07) is 9.83. The maximum Gasteiger partial charge on any atom is 0.145 e. The summed E-state index contributed by atoms with van der Waals surface area (Å²) in [6.07, 6.45) is 0. The van der Waals surface area contributed by atoms with E-state index in [2.05, 4.69) is 15.9 Å². The van der Waals surface area contributed by atoms with Crippen LogP contribution in [0, 0.1) is 5.82 Å². The fourth-order valence-corrected chi connectivity index (χ4v) is 1.92. The van der Waals surface area contributed by atoms with Crippen molar-refractivity contribution in [1.82, 2.24) is 0 Å². The van der Waals surface area contributed by atoms with Crippen molar-refractivity contribution in [2.24, 2.45) is 0 Å². The van der Waals surface area contributed by atoms with E-state index in [1.165, 1.54) is 12.1 Å². The molecule has 0 fully saturated rings. The number of nitrogen functional groups attached to an aromatic ring is 1. The van der Waals surface area contributed by atoms with Gasteiger partial charge in [-0.05, 0) is 24.3 Å². The molecule has 0 heterocycles. The van der Waals surface area contributed by atoms with Crippen LogP contribution in [-0.4, -0.2) is 0 Å². The van der Waals surface area contributed by atoms with Gasteiger partial charge in [0.25, 0.3) is 0 Å². The van der Waals surface area contributed by atoms with Gasteiger partial charge >= 0.3 is 0 Å². The molecular formula is C13H10BrClFNO. The smallest absolute Gasteiger partial charge is 0.145 e. The van der Waals surface area contributed by atoms with Crippen LogP contribution in [0.2, 0.25) is 5.02 Å². The van der Waals surface area contributed by atoms with E-state index in [0.29, 0.717) is 11.4 Å². The molecular weight excluding hydrogens is 321 g/mol. The standard InChI is InChI=1S/C13H10BrClFNO/c14-9-2-1-8(13(17)5-9)7-18-10-3-4-11(15)12(16)6-10/h1-6H,7,17H2. The first kappa shape index (κ1) is 13.2. The first-order valence-electron chi connectivity index (χ1n) is 5.18. The second kappa shape index (κ2) is 5.59. The Morgan fingerprint density at radius 1 is 1.22 bits per heavy atom. The third-order valence-corrected chi connectivity index (χ3v) is 3.19. The van der Waals surface area contributed by atoms with Gasteiger partial charge in [-0.2, -0.15) is 0 Å². The molecule has 0 aliphatic rings. The number of hydrogen-bond acceptors (Lipinski definition) is 2.